The summed E-state index contributed by atoms with van der Waals surface area (Å²) in [6, 6.07) is 3.30. The molecule has 5 nitrogen and oxygen atoms in total. The van der Waals surface area contributed by atoms with Crippen LogP contribution in [0.25, 0.3) is 0 Å². The highest BCUT2D eigenvalue weighted by molar-refractivity contribution is 5.93. The third-order valence-electron chi connectivity index (χ3n) is 3.56. The van der Waals surface area contributed by atoms with E-state index in [2.05, 4.69) is 22.1 Å². The fourth-order valence-corrected chi connectivity index (χ4v) is 2.15. The molecule has 2 rings (SSSR count). The molecule has 1 aromatic rings. The number of carbonyl (C=O) groups is 1. The van der Waals surface area contributed by atoms with E-state index in [4.69, 9.17) is 5.73 Å². The lowest BCUT2D eigenvalue weighted by molar-refractivity contribution is -0.117. The summed E-state index contributed by atoms with van der Waals surface area (Å²) in [7, 11) is 0. The Morgan fingerprint density at radius 1 is 1.47 bits per heavy atom. The van der Waals surface area contributed by atoms with Crippen LogP contribution < -0.4 is 16.0 Å². The van der Waals surface area contributed by atoms with Gasteiger partial charge in [0.25, 0.3) is 0 Å². The molecule has 0 radical (unpaired) electrons. The maximum Gasteiger partial charge on any atom is 0.242 e. The van der Waals surface area contributed by atoms with Gasteiger partial charge >= 0.3 is 0 Å². The number of hydrogen-bond donors (Lipinski definition) is 2. The average molecular weight is 262 g/mol. The molecular formula is C14H22N4O. The second kappa shape index (κ2) is 6.02. The zero-order valence-electron chi connectivity index (χ0n) is 11.6. The van der Waals surface area contributed by atoms with Crippen LogP contribution in [0.15, 0.2) is 18.3 Å². The summed E-state index contributed by atoms with van der Waals surface area (Å²) in [5, 5.41) is 2.68. The van der Waals surface area contributed by atoms with Crippen molar-refractivity contribution in [2.24, 2.45) is 11.7 Å². The summed E-state index contributed by atoms with van der Waals surface area (Å²) < 4.78 is 0. The lowest BCUT2D eigenvalue weighted by atomic mass is 9.99. The van der Waals surface area contributed by atoms with Crippen molar-refractivity contribution in [3.63, 3.8) is 0 Å². The highest BCUT2D eigenvalue weighted by Crippen LogP contribution is 2.22. The van der Waals surface area contributed by atoms with E-state index in [9.17, 15) is 4.79 Å². The van der Waals surface area contributed by atoms with Gasteiger partial charge in [0.1, 0.15) is 5.82 Å². The van der Waals surface area contributed by atoms with Gasteiger partial charge in [-0.05, 0) is 37.8 Å². The molecule has 0 aromatic carbocycles. The Balaban J connectivity index is 1.96. The molecule has 0 bridgehead atoms. The number of piperidine rings is 1. The van der Waals surface area contributed by atoms with Gasteiger partial charge in [-0.2, -0.15) is 0 Å². The number of nitrogens with one attached hydrogen (secondary N) is 1. The van der Waals surface area contributed by atoms with Crippen LogP contribution in [-0.2, 0) is 4.79 Å². The minimum absolute atomic E-state index is 0.216. The Labute approximate surface area is 114 Å². The molecule has 3 N–H and O–H groups in total. The number of nitrogens with zero attached hydrogens (tertiary/aromatic N) is 2. The van der Waals surface area contributed by atoms with E-state index in [1.165, 1.54) is 12.8 Å². The van der Waals surface area contributed by atoms with Gasteiger partial charge in [0, 0.05) is 13.1 Å². The van der Waals surface area contributed by atoms with Crippen molar-refractivity contribution in [1.82, 2.24) is 4.98 Å². The van der Waals surface area contributed by atoms with Crippen LogP contribution in [0.1, 0.15) is 26.7 Å². The zero-order chi connectivity index (χ0) is 13.8. The maximum atomic E-state index is 11.4. The van der Waals surface area contributed by atoms with Gasteiger partial charge in [-0.3, -0.25) is 4.79 Å². The Bertz CT molecular complexity index is 422. The molecular weight excluding hydrogens is 240 g/mol. The fraction of sp³-hybridized carbons (Fsp3) is 0.571. The van der Waals surface area contributed by atoms with Crippen molar-refractivity contribution in [2.75, 3.05) is 23.3 Å². The monoisotopic (exact) mass is 262 g/mol. The number of anilines is 2. The van der Waals surface area contributed by atoms with E-state index < -0.39 is 6.04 Å². The molecule has 1 aromatic heterocycles. The van der Waals surface area contributed by atoms with Crippen molar-refractivity contribution < 1.29 is 4.79 Å². The number of carbonyl (C=O) groups excluding carboxylic acids is 1. The average Bonchev–Trinajstić information content (AvgIpc) is 2.40. The number of aromatic nitrogens is 1. The van der Waals surface area contributed by atoms with E-state index in [0.29, 0.717) is 5.82 Å². The van der Waals surface area contributed by atoms with E-state index in [1.54, 1.807) is 6.92 Å². The predicted octanol–water partition coefficient (Wildman–Crippen LogP) is 1.60. The van der Waals surface area contributed by atoms with Crippen LogP contribution in [0.3, 0.4) is 0 Å². The number of nitrogens with two attached hydrogens (primary N) is 1. The Hall–Kier alpha value is -1.62. The molecule has 0 aliphatic carbocycles. The summed E-state index contributed by atoms with van der Waals surface area (Å²) in [5.74, 6) is 1.15. The Morgan fingerprint density at radius 3 is 2.68 bits per heavy atom. The summed E-state index contributed by atoms with van der Waals surface area (Å²) in [4.78, 5) is 18.1. The molecule has 1 unspecified atom stereocenters. The van der Waals surface area contributed by atoms with Crippen molar-refractivity contribution in [1.29, 1.82) is 0 Å². The van der Waals surface area contributed by atoms with E-state index in [1.807, 2.05) is 18.3 Å². The molecule has 1 amide bonds. The van der Waals surface area contributed by atoms with Gasteiger partial charge in [-0.25, -0.2) is 4.98 Å². The predicted molar refractivity (Wildman–Crippen MR) is 77.1 cm³/mol. The topological polar surface area (TPSA) is 71.2 Å². The van der Waals surface area contributed by atoms with E-state index in [0.717, 1.165) is 24.7 Å². The SMILES string of the molecule is CC1CCN(c2ccc(NC(=O)C(C)N)nc2)CC1. The van der Waals surface area contributed by atoms with Gasteiger partial charge in [-0.1, -0.05) is 6.92 Å². The molecule has 104 valence electrons. The molecule has 1 saturated heterocycles. The largest absolute Gasteiger partial charge is 0.370 e. The highest BCUT2D eigenvalue weighted by atomic mass is 16.2. The summed E-state index contributed by atoms with van der Waals surface area (Å²) in [5.41, 5.74) is 6.61. The van der Waals surface area contributed by atoms with Crippen LogP contribution in [0.5, 0.6) is 0 Å². The fourth-order valence-electron chi connectivity index (χ4n) is 2.15. The molecule has 1 fully saturated rings. The second-order valence-electron chi connectivity index (χ2n) is 5.35. The van der Waals surface area contributed by atoms with Crippen LogP contribution in [0.2, 0.25) is 0 Å². The lowest BCUT2D eigenvalue weighted by Crippen LogP contribution is -2.33. The number of pyridine rings is 1. The maximum absolute atomic E-state index is 11.4. The van der Waals surface area contributed by atoms with Gasteiger partial charge in [0.2, 0.25) is 5.91 Å². The molecule has 5 heteroatoms. The first kappa shape index (κ1) is 13.8. The van der Waals surface area contributed by atoms with Gasteiger partial charge in [-0.15, -0.1) is 0 Å². The number of rotatable bonds is 3. The molecule has 0 spiro atoms. The van der Waals surface area contributed by atoms with Gasteiger partial charge in [0.15, 0.2) is 0 Å². The molecule has 1 aliphatic rings. The van der Waals surface area contributed by atoms with Gasteiger partial charge in [0.05, 0.1) is 17.9 Å². The minimum Gasteiger partial charge on any atom is -0.370 e. The van der Waals surface area contributed by atoms with E-state index >= 15 is 0 Å². The molecule has 19 heavy (non-hydrogen) atoms. The molecule has 1 atom stereocenters. The quantitative estimate of drug-likeness (QED) is 0.868. The Morgan fingerprint density at radius 2 is 2.16 bits per heavy atom. The van der Waals surface area contributed by atoms with Crippen LogP contribution in [0, 0.1) is 5.92 Å². The van der Waals surface area contributed by atoms with Crippen LogP contribution in [-0.4, -0.2) is 30.0 Å². The van der Waals surface area contributed by atoms with Crippen molar-refractivity contribution in [3.8, 4) is 0 Å². The van der Waals surface area contributed by atoms with Crippen molar-refractivity contribution in [3.05, 3.63) is 18.3 Å². The summed E-state index contributed by atoms with van der Waals surface area (Å²) in [6.07, 6.45) is 4.26. The first-order chi connectivity index (χ1) is 9.06. The molecule has 0 saturated carbocycles. The Kier molecular flexibility index (Phi) is 4.37. The van der Waals surface area contributed by atoms with Gasteiger partial charge < -0.3 is 16.0 Å². The summed E-state index contributed by atoms with van der Waals surface area (Å²) >= 11 is 0. The molecule has 2 heterocycles. The first-order valence-electron chi connectivity index (χ1n) is 6.83. The van der Waals surface area contributed by atoms with Crippen LogP contribution in [0.4, 0.5) is 11.5 Å². The number of hydrogen-bond acceptors (Lipinski definition) is 4. The third-order valence-corrected chi connectivity index (χ3v) is 3.56. The smallest absolute Gasteiger partial charge is 0.242 e. The highest BCUT2D eigenvalue weighted by Gasteiger charge is 2.16. The standard InChI is InChI=1S/C14H22N4O/c1-10-5-7-18(8-6-10)12-3-4-13(16-9-12)17-14(19)11(2)15/h3-4,9-11H,5-8,15H2,1-2H3,(H,16,17,19). The van der Waals surface area contributed by atoms with Crippen LogP contribution >= 0.6 is 0 Å². The molecule has 1 aliphatic heterocycles. The normalized spacial score (nSPS) is 18.2. The van der Waals surface area contributed by atoms with Crippen molar-refractivity contribution in [2.45, 2.75) is 32.7 Å². The summed E-state index contributed by atoms with van der Waals surface area (Å²) in [6.45, 7) is 6.10. The third kappa shape index (κ3) is 3.67. The van der Waals surface area contributed by atoms with Crippen molar-refractivity contribution >= 4 is 17.4 Å². The first-order valence-corrected chi connectivity index (χ1v) is 6.83. The van der Waals surface area contributed by atoms with E-state index in [-0.39, 0.29) is 5.91 Å². The second-order valence-corrected chi connectivity index (χ2v) is 5.35. The lowest BCUT2D eigenvalue weighted by Gasteiger charge is -2.31. The number of amides is 1. The minimum atomic E-state index is -0.523. The zero-order valence-corrected chi connectivity index (χ0v) is 11.6.